The highest BCUT2D eigenvalue weighted by Crippen LogP contribution is 2.43. The molecule has 2 aromatic rings. The molecule has 2 fully saturated rings. The predicted octanol–water partition coefficient (Wildman–Crippen LogP) is 2.88. The lowest BCUT2D eigenvalue weighted by atomic mass is 9.79. The molecule has 1 amide bonds. The fourth-order valence-electron chi connectivity index (χ4n) is 4.53. The fraction of sp³-hybridized carbons (Fsp3) is 0.500. The van der Waals surface area contributed by atoms with Crippen LogP contribution in [-0.4, -0.2) is 59.5 Å². The molecule has 0 bridgehead atoms. The molecule has 1 aliphatic heterocycles. The molecule has 1 saturated carbocycles. The molecule has 1 N–H and O–H groups in total. The second kappa shape index (κ2) is 6.85. The van der Waals surface area contributed by atoms with Gasteiger partial charge in [0.25, 0.3) is 5.91 Å². The second-order valence-electron chi connectivity index (χ2n) is 7.23. The number of aromatic nitrogens is 2. The SMILES string of the molecule is COC1CC[C@@]2(OC)CCN(C(=O)c3cccc(-c4cn[nH]c4)c3)C2C1. The summed E-state index contributed by atoms with van der Waals surface area (Å²) in [5.74, 6) is 0.0658. The zero-order valence-electron chi connectivity index (χ0n) is 15.3. The van der Waals surface area contributed by atoms with Crippen molar-refractivity contribution in [3.63, 3.8) is 0 Å². The Kier molecular flexibility index (Phi) is 4.54. The number of benzene rings is 1. The molecule has 1 aliphatic carbocycles. The Bertz CT molecular complexity index is 776. The normalized spacial score (nSPS) is 28.2. The van der Waals surface area contributed by atoms with Crippen LogP contribution in [0.15, 0.2) is 36.7 Å². The lowest BCUT2D eigenvalue weighted by molar-refractivity contribution is -0.0893. The smallest absolute Gasteiger partial charge is 0.254 e. The Balaban J connectivity index is 1.61. The molecule has 6 nitrogen and oxygen atoms in total. The van der Waals surface area contributed by atoms with Crippen molar-refractivity contribution >= 4 is 5.91 Å². The van der Waals surface area contributed by atoms with Gasteiger partial charge >= 0.3 is 0 Å². The van der Waals surface area contributed by atoms with E-state index in [1.807, 2.05) is 35.4 Å². The standard InChI is InChI=1S/C20H25N3O3/c1-25-17-6-7-20(26-2)8-9-23(18(20)11-17)19(24)15-5-3-4-14(10-15)16-12-21-22-13-16/h3-5,10,12-13,17-18H,6-9,11H2,1-2H3,(H,21,22)/t17?,18?,20-/m1/s1. The summed E-state index contributed by atoms with van der Waals surface area (Å²) in [5, 5.41) is 6.81. The Hall–Kier alpha value is -2.18. The molecule has 0 radical (unpaired) electrons. The number of methoxy groups -OCH3 is 2. The summed E-state index contributed by atoms with van der Waals surface area (Å²) in [4.78, 5) is 15.3. The zero-order chi connectivity index (χ0) is 18.1. The van der Waals surface area contributed by atoms with Gasteiger partial charge in [-0.1, -0.05) is 12.1 Å². The molecule has 138 valence electrons. The summed E-state index contributed by atoms with van der Waals surface area (Å²) in [6, 6.07) is 7.81. The Morgan fingerprint density at radius 2 is 2.19 bits per heavy atom. The van der Waals surface area contributed by atoms with Crippen LogP contribution >= 0.6 is 0 Å². The maximum atomic E-state index is 13.3. The van der Waals surface area contributed by atoms with E-state index in [9.17, 15) is 4.79 Å². The first-order chi connectivity index (χ1) is 12.7. The van der Waals surface area contributed by atoms with E-state index in [2.05, 4.69) is 10.2 Å². The molecule has 1 saturated heterocycles. The first kappa shape index (κ1) is 17.2. The molecule has 4 rings (SSSR count). The van der Waals surface area contributed by atoms with Gasteiger partial charge in [0.05, 0.1) is 23.9 Å². The van der Waals surface area contributed by atoms with Gasteiger partial charge in [0.15, 0.2) is 0 Å². The van der Waals surface area contributed by atoms with Crippen molar-refractivity contribution < 1.29 is 14.3 Å². The molecular formula is C20H25N3O3. The van der Waals surface area contributed by atoms with Gasteiger partial charge in [-0.3, -0.25) is 9.89 Å². The number of H-pyrrole nitrogens is 1. The van der Waals surface area contributed by atoms with Crippen LogP contribution in [0.25, 0.3) is 11.1 Å². The number of fused-ring (bicyclic) bond motifs is 1. The summed E-state index contributed by atoms with van der Waals surface area (Å²) in [6.45, 7) is 0.726. The maximum Gasteiger partial charge on any atom is 0.254 e. The van der Waals surface area contributed by atoms with E-state index in [4.69, 9.17) is 9.47 Å². The van der Waals surface area contributed by atoms with E-state index in [1.54, 1.807) is 20.4 Å². The number of rotatable bonds is 4. The Morgan fingerprint density at radius 3 is 2.92 bits per heavy atom. The van der Waals surface area contributed by atoms with Gasteiger partial charge in [-0.15, -0.1) is 0 Å². The number of aromatic amines is 1. The Labute approximate surface area is 153 Å². The van der Waals surface area contributed by atoms with Crippen LogP contribution in [0.3, 0.4) is 0 Å². The minimum atomic E-state index is -0.229. The molecule has 26 heavy (non-hydrogen) atoms. The molecule has 0 spiro atoms. The van der Waals surface area contributed by atoms with Crippen molar-refractivity contribution in [3.8, 4) is 11.1 Å². The molecular weight excluding hydrogens is 330 g/mol. The summed E-state index contributed by atoms with van der Waals surface area (Å²) >= 11 is 0. The number of nitrogens with one attached hydrogen (secondary N) is 1. The zero-order valence-corrected chi connectivity index (χ0v) is 15.3. The van der Waals surface area contributed by atoms with E-state index in [1.165, 1.54) is 0 Å². The third-order valence-corrected chi connectivity index (χ3v) is 6.08. The first-order valence-corrected chi connectivity index (χ1v) is 9.15. The van der Waals surface area contributed by atoms with Crippen molar-refractivity contribution in [3.05, 3.63) is 42.2 Å². The van der Waals surface area contributed by atoms with Gasteiger partial charge in [-0.05, 0) is 43.4 Å². The van der Waals surface area contributed by atoms with Crippen molar-refractivity contribution in [1.82, 2.24) is 15.1 Å². The molecule has 3 atom stereocenters. The first-order valence-electron chi connectivity index (χ1n) is 9.15. The van der Waals surface area contributed by atoms with Crippen LogP contribution < -0.4 is 0 Å². The lowest BCUT2D eigenvalue weighted by Crippen LogP contribution is -2.53. The number of hydrogen-bond donors (Lipinski definition) is 1. The summed E-state index contributed by atoms with van der Waals surface area (Å²) in [7, 11) is 3.52. The lowest BCUT2D eigenvalue weighted by Gasteiger charge is -2.43. The molecule has 2 unspecified atom stereocenters. The highest BCUT2D eigenvalue weighted by Gasteiger charge is 2.52. The Morgan fingerprint density at radius 1 is 1.31 bits per heavy atom. The van der Waals surface area contributed by atoms with E-state index in [-0.39, 0.29) is 23.7 Å². The molecule has 2 heterocycles. The van der Waals surface area contributed by atoms with Crippen LogP contribution in [0.1, 0.15) is 36.0 Å². The van der Waals surface area contributed by atoms with Crippen LogP contribution in [0.5, 0.6) is 0 Å². The van der Waals surface area contributed by atoms with E-state index < -0.39 is 0 Å². The summed E-state index contributed by atoms with van der Waals surface area (Å²) < 4.78 is 11.5. The minimum absolute atomic E-state index is 0.0658. The number of carbonyl (C=O) groups excluding carboxylic acids is 1. The van der Waals surface area contributed by atoms with Crippen LogP contribution in [0.2, 0.25) is 0 Å². The van der Waals surface area contributed by atoms with Gasteiger partial charge < -0.3 is 14.4 Å². The van der Waals surface area contributed by atoms with Gasteiger partial charge in [0.2, 0.25) is 0 Å². The van der Waals surface area contributed by atoms with Crippen molar-refractivity contribution in [2.24, 2.45) is 0 Å². The highest BCUT2D eigenvalue weighted by atomic mass is 16.5. The third-order valence-electron chi connectivity index (χ3n) is 6.08. The van der Waals surface area contributed by atoms with Gasteiger partial charge in [-0.25, -0.2) is 0 Å². The third kappa shape index (κ3) is 2.83. The van der Waals surface area contributed by atoms with Crippen molar-refractivity contribution in [2.45, 2.75) is 43.4 Å². The fourth-order valence-corrected chi connectivity index (χ4v) is 4.53. The van der Waals surface area contributed by atoms with Crippen LogP contribution in [0.4, 0.5) is 0 Å². The number of likely N-dealkylation sites (tertiary alicyclic amines) is 1. The van der Waals surface area contributed by atoms with E-state index in [0.717, 1.165) is 43.4 Å². The molecule has 1 aromatic carbocycles. The summed E-state index contributed by atoms with van der Waals surface area (Å²) in [6.07, 6.45) is 7.42. The van der Waals surface area contributed by atoms with Gasteiger partial charge in [0.1, 0.15) is 0 Å². The highest BCUT2D eigenvalue weighted by molar-refractivity contribution is 5.96. The van der Waals surface area contributed by atoms with Crippen molar-refractivity contribution in [2.75, 3.05) is 20.8 Å². The number of carbonyl (C=O) groups is 1. The average molecular weight is 355 g/mol. The second-order valence-corrected chi connectivity index (χ2v) is 7.23. The van der Waals surface area contributed by atoms with Crippen molar-refractivity contribution in [1.29, 1.82) is 0 Å². The monoisotopic (exact) mass is 355 g/mol. The number of hydrogen-bond acceptors (Lipinski definition) is 4. The summed E-state index contributed by atoms with van der Waals surface area (Å²) in [5.41, 5.74) is 2.44. The molecule has 2 aliphatic rings. The average Bonchev–Trinajstić information content (AvgIpc) is 3.35. The molecule has 6 heteroatoms. The van der Waals surface area contributed by atoms with Gasteiger partial charge in [0, 0.05) is 38.1 Å². The van der Waals surface area contributed by atoms with Crippen LogP contribution in [-0.2, 0) is 9.47 Å². The topological polar surface area (TPSA) is 67.5 Å². The minimum Gasteiger partial charge on any atom is -0.381 e. The van der Waals surface area contributed by atoms with E-state index in [0.29, 0.717) is 5.56 Å². The molecule has 1 aromatic heterocycles. The van der Waals surface area contributed by atoms with E-state index >= 15 is 0 Å². The number of nitrogens with zero attached hydrogens (tertiary/aromatic N) is 2. The largest absolute Gasteiger partial charge is 0.381 e. The predicted molar refractivity (Wildman–Crippen MR) is 97.9 cm³/mol. The maximum absolute atomic E-state index is 13.3. The number of amides is 1. The quantitative estimate of drug-likeness (QED) is 0.916. The van der Waals surface area contributed by atoms with Gasteiger partial charge in [-0.2, -0.15) is 5.10 Å². The van der Waals surface area contributed by atoms with Crippen LogP contribution in [0, 0.1) is 0 Å². The number of ether oxygens (including phenoxy) is 2.